The molecular weight excluding hydrogens is 1140 g/mol. The zero-order chi connectivity index (χ0) is 63.4. The van der Waals surface area contributed by atoms with Gasteiger partial charge in [0.2, 0.25) is 0 Å². The third-order valence-corrected chi connectivity index (χ3v) is 19.9. The maximum absolute atomic E-state index is 11.7. The smallest absolute Gasteiger partial charge is 0.446 e. The first kappa shape index (κ1) is 81.6. The maximum Gasteiger partial charge on any atom is 0.501 e. The summed E-state index contributed by atoms with van der Waals surface area (Å²) in [6.07, 6.45) is -12.4. The van der Waals surface area contributed by atoms with E-state index < -0.39 is 140 Å². The molecule has 496 valence electrons. The van der Waals surface area contributed by atoms with Crippen LogP contribution in [0.1, 0.15) is 103 Å². The van der Waals surface area contributed by atoms with E-state index in [0.717, 1.165) is 12.8 Å². The molecule has 3 saturated heterocycles. The van der Waals surface area contributed by atoms with Crippen LogP contribution in [-0.2, 0) is 59.8 Å². The molecule has 0 radical (unpaired) electrons. The van der Waals surface area contributed by atoms with Gasteiger partial charge in [-0.05, 0) is 69.0 Å². The molecule has 18 atom stereocenters. The number of aromatic nitrogens is 1. The van der Waals surface area contributed by atoms with Crippen LogP contribution in [0.15, 0.2) is 24.5 Å². The second-order valence-corrected chi connectivity index (χ2v) is 27.5. The molecule has 0 bridgehead atoms. The minimum atomic E-state index is -2.88. The van der Waals surface area contributed by atoms with Gasteiger partial charge in [0.1, 0.15) is 104 Å². The molecule has 18 unspecified atom stereocenters. The molecule has 0 spiro atoms. The summed E-state index contributed by atoms with van der Waals surface area (Å²) in [6, 6.07) is 4.62. The summed E-state index contributed by atoms with van der Waals surface area (Å²) in [6.45, 7) is 21.5. The summed E-state index contributed by atoms with van der Waals surface area (Å²) in [5.74, 6) is -0.135. The van der Waals surface area contributed by atoms with Crippen molar-refractivity contribution < 1.29 is 121 Å². The minimum Gasteiger partial charge on any atom is -0.446 e. The first-order valence-corrected chi connectivity index (χ1v) is 32.6. The Labute approximate surface area is 499 Å². The SMILES string of the molecule is C.CC(C)C(C=O)OC(CO)C(O)C=O.CC(C)C1OC(COC(=O)n2cccc2)C(O)C(O)C1O.CCCC[Si](OCC)(OCC)OCC1OC(C(C)C)C(O)C(O)C1O.CO[Si](CCCN)(OC)OCC1OC(C(C)C)C(O)C(O)C1O. The highest BCUT2D eigenvalue weighted by molar-refractivity contribution is 6.61. The van der Waals surface area contributed by atoms with Crippen LogP contribution in [0.4, 0.5) is 4.79 Å². The normalized spacial score (nSPS) is 29.3. The highest BCUT2D eigenvalue weighted by Crippen LogP contribution is 2.30. The van der Waals surface area contributed by atoms with E-state index >= 15 is 0 Å². The third-order valence-electron chi connectivity index (χ3n) is 14.0. The van der Waals surface area contributed by atoms with Crippen LogP contribution in [-0.4, -0.2) is 267 Å². The molecule has 29 heteroatoms. The van der Waals surface area contributed by atoms with E-state index in [-0.39, 0.29) is 57.2 Å². The van der Waals surface area contributed by atoms with Gasteiger partial charge in [0, 0.05) is 51.9 Å². The van der Waals surface area contributed by atoms with Crippen molar-refractivity contribution in [2.24, 2.45) is 29.4 Å². The second kappa shape index (κ2) is 41.8. The van der Waals surface area contributed by atoms with E-state index in [0.29, 0.717) is 44.6 Å². The van der Waals surface area contributed by atoms with E-state index in [1.54, 1.807) is 26.0 Å². The number of carbonyl (C=O) groups excluding carboxylic acids is 3. The first-order chi connectivity index (χ1) is 39.1. The van der Waals surface area contributed by atoms with Crippen molar-refractivity contribution in [3.8, 4) is 0 Å². The Hall–Kier alpha value is -2.36. The minimum absolute atomic E-state index is 0. The number of rotatable bonds is 30. The van der Waals surface area contributed by atoms with Gasteiger partial charge in [0.25, 0.3) is 0 Å². The monoisotopic (exact) mass is 1250 g/mol. The van der Waals surface area contributed by atoms with Crippen molar-refractivity contribution in [2.75, 3.05) is 60.4 Å². The Morgan fingerprint density at radius 3 is 1.31 bits per heavy atom. The van der Waals surface area contributed by atoms with Gasteiger partial charge in [-0.3, -0.25) is 4.57 Å². The maximum atomic E-state index is 11.7. The summed E-state index contributed by atoms with van der Waals surface area (Å²) in [5, 5.41) is 108. The molecular formula is C55H108N2O25Si2. The number of nitrogens with zero attached hydrogens (tertiary/aromatic N) is 1. The van der Waals surface area contributed by atoms with Crippen LogP contribution in [0.25, 0.3) is 0 Å². The average molecular weight is 1250 g/mol. The first-order valence-electron chi connectivity index (χ1n) is 28.7. The number of ether oxygens (including phenoxy) is 5. The summed E-state index contributed by atoms with van der Waals surface area (Å²) >= 11 is 0. The standard InChI is InChI=1S/C17H36O7Si.C14H31NO7Si.C14H21NO6.C9H16O5.CH4/c1-6-9-10-25(21-7-2,22-8-3)23-11-13-14(18)15(19)16(20)17(24-13)12(4)5;1-9(2)14-13(18)12(17)11(16)10(22-14)8-21-23(19-3,20-4)7-5-6-15;1-8(2)13-12(18)11(17)10(16)9(21-13)7-20-14(19)15-5-3-4-6-15;1-6(2)8(4-11)14-9(5-12)7(13)3-10;/h12-20H,6-11H2,1-5H3;9-14,16-18H,5-8,15H2,1-4H3;3-6,8-13,16-18H,7H2,1-2H3;3-4,6-9,12-13H,5H2,1-2H3;1H4. The molecule has 13 N–H and O–H groups in total. The summed E-state index contributed by atoms with van der Waals surface area (Å²) in [5.41, 5.74) is 5.52. The van der Waals surface area contributed by atoms with Gasteiger partial charge < -0.3 is 122 Å². The lowest BCUT2D eigenvalue weighted by Gasteiger charge is -2.43. The average Bonchev–Trinajstić information content (AvgIpc) is 3.31. The molecule has 27 nitrogen and oxygen atoms in total. The van der Waals surface area contributed by atoms with Crippen LogP contribution in [0, 0.1) is 23.7 Å². The summed E-state index contributed by atoms with van der Waals surface area (Å²) in [4.78, 5) is 32.5. The van der Waals surface area contributed by atoms with Crippen molar-refractivity contribution in [1.82, 2.24) is 4.57 Å². The topological polar surface area (TPSA) is 406 Å². The lowest BCUT2D eigenvalue weighted by atomic mass is 9.89. The Morgan fingerprint density at radius 1 is 0.595 bits per heavy atom. The quantitative estimate of drug-likeness (QED) is 0.0361. The van der Waals surface area contributed by atoms with E-state index in [4.69, 9.17) is 66.2 Å². The predicted octanol–water partition coefficient (Wildman–Crippen LogP) is 0.173. The zero-order valence-electron chi connectivity index (χ0n) is 50.8. The summed E-state index contributed by atoms with van der Waals surface area (Å²) in [7, 11) is -2.71. The van der Waals surface area contributed by atoms with Crippen molar-refractivity contribution in [3.63, 3.8) is 0 Å². The molecule has 3 aliphatic rings. The number of aliphatic hydroxyl groups excluding tert-OH is 11. The third kappa shape index (κ3) is 25.3. The lowest BCUT2D eigenvalue weighted by Crippen LogP contribution is -2.61. The number of hydrogen-bond donors (Lipinski definition) is 12. The van der Waals surface area contributed by atoms with E-state index in [9.17, 15) is 60.3 Å². The zero-order valence-corrected chi connectivity index (χ0v) is 52.8. The Bertz CT molecular complexity index is 1850. The largest absolute Gasteiger partial charge is 0.501 e. The molecule has 84 heavy (non-hydrogen) atoms. The van der Waals surface area contributed by atoms with E-state index in [2.05, 4.69) is 6.92 Å². The Kier molecular flexibility index (Phi) is 40.6. The number of nitrogens with two attached hydrogens (primary N) is 1. The van der Waals surface area contributed by atoms with Gasteiger partial charge in [0.05, 0.1) is 38.1 Å². The molecule has 0 saturated carbocycles. The molecule has 3 fully saturated rings. The fraction of sp³-hybridized carbons (Fsp3) is 0.873. The van der Waals surface area contributed by atoms with E-state index in [1.165, 1.54) is 31.2 Å². The molecule has 0 aromatic carbocycles. The van der Waals surface area contributed by atoms with Gasteiger partial charge in [-0.15, -0.1) is 0 Å². The van der Waals surface area contributed by atoms with Crippen molar-refractivity contribution >= 4 is 36.3 Å². The highest BCUT2D eigenvalue weighted by atomic mass is 28.4. The Morgan fingerprint density at radius 2 is 0.988 bits per heavy atom. The van der Waals surface area contributed by atoms with Gasteiger partial charge >= 0.3 is 23.7 Å². The predicted molar refractivity (Wildman–Crippen MR) is 310 cm³/mol. The number of hydrogen-bond acceptors (Lipinski definition) is 26. The number of aliphatic hydroxyl groups is 11. The molecule has 1 aromatic rings. The number of carbonyl (C=O) groups is 3. The molecule has 4 rings (SSSR count). The Balaban J connectivity index is 0.00000111. The van der Waals surface area contributed by atoms with Crippen molar-refractivity contribution in [3.05, 3.63) is 24.5 Å². The molecule has 3 aliphatic heterocycles. The summed E-state index contributed by atoms with van der Waals surface area (Å²) < 4.78 is 62.9. The number of aldehydes is 2. The lowest BCUT2D eigenvalue weighted by molar-refractivity contribution is -0.238. The van der Waals surface area contributed by atoms with Crippen LogP contribution >= 0.6 is 0 Å². The van der Waals surface area contributed by atoms with E-state index in [1.807, 2.05) is 55.4 Å². The second-order valence-electron chi connectivity index (χ2n) is 21.8. The van der Waals surface area contributed by atoms with Gasteiger partial charge in [-0.25, -0.2) is 4.79 Å². The molecule has 4 heterocycles. The molecule has 0 aliphatic carbocycles. The van der Waals surface area contributed by atoms with Gasteiger partial charge in [0.15, 0.2) is 6.29 Å². The highest BCUT2D eigenvalue weighted by Gasteiger charge is 2.50. The van der Waals surface area contributed by atoms with Crippen LogP contribution in [0.2, 0.25) is 12.1 Å². The van der Waals surface area contributed by atoms with Crippen LogP contribution in [0.3, 0.4) is 0 Å². The van der Waals surface area contributed by atoms with Crippen molar-refractivity contribution in [1.29, 1.82) is 0 Å². The van der Waals surface area contributed by atoms with Crippen molar-refractivity contribution in [2.45, 2.75) is 225 Å². The fourth-order valence-corrected chi connectivity index (χ4v) is 13.7. The molecule has 1 aromatic heterocycles. The number of unbranched alkanes of at least 4 members (excludes halogenated alkanes) is 1. The van der Waals surface area contributed by atoms with Crippen LogP contribution in [0.5, 0.6) is 0 Å². The van der Waals surface area contributed by atoms with Gasteiger partial charge in [-0.1, -0.05) is 76.2 Å². The fourth-order valence-electron chi connectivity index (χ4n) is 8.95. The van der Waals surface area contributed by atoms with Gasteiger partial charge in [-0.2, -0.15) is 0 Å². The molecule has 0 amide bonds. The van der Waals surface area contributed by atoms with Crippen LogP contribution < -0.4 is 5.73 Å².